The second kappa shape index (κ2) is 2.69. The third kappa shape index (κ3) is 1.44. The van der Waals surface area contributed by atoms with Crippen molar-refractivity contribution in [2.75, 3.05) is 0 Å². The lowest BCUT2D eigenvalue weighted by Gasteiger charge is -1.83. The van der Waals surface area contributed by atoms with E-state index in [1.807, 2.05) is 0 Å². The van der Waals surface area contributed by atoms with Gasteiger partial charge in [0.1, 0.15) is 5.82 Å². The molecule has 0 aliphatic carbocycles. The highest BCUT2D eigenvalue weighted by Crippen LogP contribution is 2.03. The molecule has 1 rings (SSSR count). The van der Waals surface area contributed by atoms with Crippen LogP contribution in [0.25, 0.3) is 10.4 Å². The van der Waals surface area contributed by atoms with E-state index in [9.17, 15) is 0 Å². The molecule has 0 bridgehead atoms. The van der Waals surface area contributed by atoms with Crippen LogP contribution in [0, 0.1) is 0 Å². The third-order valence-electron chi connectivity index (χ3n) is 0.796. The summed E-state index contributed by atoms with van der Waals surface area (Å²) in [5.74, 6) is 0.403. The van der Waals surface area contributed by atoms with E-state index in [2.05, 4.69) is 15.0 Å². The van der Waals surface area contributed by atoms with E-state index >= 15 is 0 Å². The van der Waals surface area contributed by atoms with Crippen LogP contribution in [0.3, 0.4) is 0 Å². The molecule has 0 unspecified atom stereocenters. The van der Waals surface area contributed by atoms with Gasteiger partial charge in [-0.15, -0.1) is 0 Å². The number of nitrogens with zero attached hydrogens (tertiary/aromatic N) is 4. The molecule has 0 N–H and O–H groups in total. The van der Waals surface area contributed by atoms with E-state index in [1.165, 1.54) is 0 Å². The second-order valence-corrected chi connectivity index (χ2v) is 1.38. The molecule has 0 aromatic carbocycles. The largest absolute Gasteiger partial charge is 0.255 e. The first-order valence-corrected chi connectivity index (χ1v) is 2.39. The van der Waals surface area contributed by atoms with E-state index in [-0.39, 0.29) is 0 Å². The van der Waals surface area contributed by atoms with E-state index in [0.29, 0.717) is 5.82 Å². The fraction of sp³-hybridized carbons (Fsp3) is 0. The fourth-order valence-corrected chi connectivity index (χ4v) is 0.459. The molecule has 0 spiro atoms. The van der Waals surface area contributed by atoms with Crippen LogP contribution >= 0.6 is 0 Å². The second-order valence-electron chi connectivity index (χ2n) is 1.38. The molecule has 0 fully saturated rings. The first kappa shape index (κ1) is 5.59. The zero-order valence-electron chi connectivity index (χ0n) is 4.60. The molecule has 0 aliphatic heterocycles. The van der Waals surface area contributed by atoms with E-state index < -0.39 is 0 Å². The number of hydrogen-bond acceptors (Lipinski definition) is 2. The van der Waals surface area contributed by atoms with Crippen molar-refractivity contribution in [1.82, 2.24) is 4.98 Å². The lowest BCUT2D eigenvalue weighted by molar-refractivity contribution is 1.26. The Labute approximate surface area is 51.8 Å². The van der Waals surface area contributed by atoms with Gasteiger partial charge in [-0.3, -0.25) is 4.98 Å². The average molecular weight is 120 g/mol. The number of hydrogen-bond donors (Lipinski definition) is 0. The molecule has 0 amide bonds. The minimum atomic E-state index is 0.403. The van der Waals surface area contributed by atoms with Gasteiger partial charge in [0.05, 0.1) is 0 Å². The maximum Gasteiger partial charge on any atom is 0.126 e. The Morgan fingerprint density at radius 2 is 2.44 bits per heavy atom. The normalized spacial score (nSPS) is 8.00. The van der Waals surface area contributed by atoms with Gasteiger partial charge in [-0.1, -0.05) is 6.07 Å². The lowest BCUT2D eigenvalue weighted by Crippen LogP contribution is -1.65. The zero-order chi connectivity index (χ0) is 6.53. The van der Waals surface area contributed by atoms with Gasteiger partial charge in [-0.25, -0.2) is 0 Å². The average Bonchev–Trinajstić information content (AvgIpc) is 1.91. The predicted molar refractivity (Wildman–Crippen MR) is 33.0 cm³/mol. The molecule has 9 heavy (non-hydrogen) atoms. The Morgan fingerprint density at radius 3 is 3.00 bits per heavy atom. The molecule has 44 valence electrons. The van der Waals surface area contributed by atoms with Gasteiger partial charge in [0.15, 0.2) is 0 Å². The van der Waals surface area contributed by atoms with Crippen molar-refractivity contribution < 1.29 is 0 Å². The smallest absolute Gasteiger partial charge is 0.126 e. The van der Waals surface area contributed by atoms with Crippen LogP contribution in [0.4, 0.5) is 5.82 Å². The Kier molecular flexibility index (Phi) is 1.67. The van der Waals surface area contributed by atoms with Crippen LogP contribution in [-0.4, -0.2) is 4.98 Å². The molecule has 1 heterocycles. The van der Waals surface area contributed by atoms with Gasteiger partial charge in [0.2, 0.25) is 0 Å². The number of rotatable bonds is 1. The molecule has 4 heteroatoms. The topological polar surface area (TPSA) is 61.7 Å². The summed E-state index contributed by atoms with van der Waals surface area (Å²) in [5, 5.41) is 3.28. The summed E-state index contributed by atoms with van der Waals surface area (Å²) < 4.78 is 0. The van der Waals surface area contributed by atoms with Crippen molar-refractivity contribution in [3.8, 4) is 0 Å². The summed E-state index contributed by atoms with van der Waals surface area (Å²) in [5.41, 5.74) is 7.94. The summed E-state index contributed by atoms with van der Waals surface area (Å²) in [6.07, 6.45) is 1.57. The summed E-state index contributed by atoms with van der Waals surface area (Å²) in [6, 6.07) is 5.16. The molecule has 4 nitrogen and oxygen atoms in total. The lowest BCUT2D eigenvalue weighted by atomic mass is 10.5. The molecule has 1 aromatic heterocycles. The van der Waals surface area contributed by atoms with Gasteiger partial charge < -0.3 is 0 Å². The van der Waals surface area contributed by atoms with Gasteiger partial charge >= 0.3 is 0 Å². The molecule has 0 radical (unpaired) electrons. The third-order valence-corrected chi connectivity index (χ3v) is 0.796. The van der Waals surface area contributed by atoms with E-state index in [1.54, 1.807) is 24.4 Å². The highest BCUT2D eigenvalue weighted by atomic mass is 15.2. The van der Waals surface area contributed by atoms with Gasteiger partial charge in [-0.05, 0) is 22.8 Å². The Hall–Kier alpha value is -1.54. The SMILES string of the molecule is [N-]=[N+]=Nc1ccccn1. The highest BCUT2D eigenvalue weighted by molar-refractivity contribution is 5.24. The van der Waals surface area contributed by atoms with Crippen molar-refractivity contribution in [3.63, 3.8) is 0 Å². The standard InChI is InChI=1S/C5H4N4/c6-9-8-5-3-1-2-4-7-5/h1-4H. The molecule has 0 saturated carbocycles. The summed E-state index contributed by atoms with van der Waals surface area (Å²) in [7, 11) is 0. The van der Waals surface area contributed by atoms with Crippen molar-refractivity contribution in [3.05, 3.63) is 34.8 Å². The van der Waals surface area contributed by atoms with Gasteiger partial charge in [-0.2, -0.15) is 0 Å². The summed E-state index contributed by atoms with van der Waals surface area (Å²) in [4.78, 5) is 6.32. The van der Waals surface area contributed by atoms with Gasteiger partial charge in [0.25, 0.3) is 0 Å². The quantitative estimate of drug-likeness (QED) is 0.317. The Morgan fingerprint density at radius 1 is 1.56 bits per heavy atom. The van der Waals surface area contributed by atoms with Crippen molar-refractivity contribution in [1.29, 1.82) is 0 Å². The van der Waals surface area contributed by atoms with Crippen molar-refractivity contribution in [2.45, 2.75) is 0 Å². The molecule has 0 aliphatic rings. The molecular formula is C5H4N4. The van der Waals surface area contributed by atoms with E-state index in [0.717, 1.165) is 0 Å². The van der Waals surface area contributed by atoms with Crippen molar-refractivity contribution >= 4 is 5.82 Å². The number of aromatic nitrogens is 1. The van der Waals surface area contributed by atoms with Crippen LogP contribution in [0.15, 0.2) is 29.5 Å². The number of pyridine rings is 1. The molecular weight excluding hydrogens is 116 g/mol. The van der Waals surface area contributed by atoms with Crippen LogP contribution in [0.2, 0.25) is 0 Å². The number of azide groups is 1. The zero-order valence-corrected chi connectivity index (χ0v) is 4.60. The van der Waals surface area contributed by atoms with Crippen molar-refractivity contribution in [2.24, 2.45) is 5.11 Å². The molecule has 0 saturated heterocycles. The van der Waals surface area contributed by atoms with Crippen LogP contribution in [-0.2, 0) is 0 Å². The maximum atomic E-state index is 7.94. The predicted octanol–water partition coefficient (Wildman–Crippen LogP) is 2.02. The van der Waals surface area contributed by atoms with Crippen LogP contribution in [0.5, 0.6) is 0 Å². The highest BCUT2D eigenvalue weighted by Gasteiger charge is 1.80. The Bertz CT molecular complexity index is 224. The molecule has 1 aromatic rings. The fourth-order valence-electron chi connectivity index (χ4n) is 0.459. The summed E-state index contributed by atoms with van der Waals surface area (Å²) in [6.45, 7) is 0. The van der Waals surface area contributed by atoms with Crippen LogP contribution in [0.1, 0.15) is 0 Å². The maximum absolute atomic E-state index is 7.94. The monoisotopic (exact) mass is 120 g/mol. The van der Waals surface area contributed by atoms with Gasteiger partial charge in [0, 0.05) is 11.1 Å². The first-order chi connectivity index (χ1) is 4.43. The van der Waals surface area contributed by atoms with Crippen LogP contribution < -0.4 is 0 Å². The minimum absolute atomic E-state index is 0.403. The van der Waals surface area contributed by atoms with E-state index in [4.69, 9.17) is 5.53 Å². The Balaban J connectivity index is 2.97. The minimum Gasteiger partial charge on any atom is -0.255 e. The summed E-state index contributed by atoms with van der Waals surface area (Å²) >= 11 is 0. The first-order valence-electron chi connectivity index (χ1n) is 2.39. The molecule has 0 atom stereocenters.